The lowest BCUT2D eigenvalue weighted by Crippen LogP contribution is -2.11. The van der Waals surface area contributed by atoms with E-state index in [9.17, 15) is 9.18 Å². The van der Waals surface area contributed by atoms with E-state index < -0.39 is 5.82 Å². The molecule has 0 spiro atoms. The third-order valence-corrected chi connectivity index (χ3v) is 4.62. The van der Waals surface area contributed by atoms with Crippen molar-refractivity contribution in [3.63, 3.8) is 0 Å². The van der Waals surface area contributed by atoms with Gasteiger partial charge in [-0.1, -0.05) is 11.6 Å². The Labute approximate surface area is 119 Å². The fourth-order valence-corrected chi connectivity index (χ4v) is 3.52. The summed E-state index contributed by atoms with van der Waals surface area (Å²) < 4.78 is 13.6. The van der Waals surface area contributed by atoms with Crippen molar-refractivity contribution in [2.45, 2.75) is 19.3 Å². The lowest BCUT2D eigenvalue weighted by Gasteiger charge is -2.05. The Kier molecular flexibility index (Phi) is 3.29. The van der Waals surface area contributed by atoms with Crippen LogP contribution in [0, 0.1) is 5.82 Å². The number of nitrogens with one attached hydrogen (secondary N) is 1. The fraction of sp³-hybridized carbons (Fsp3) is 0.214. The summed E-state index contributed by atoms with van der Waals surface area (Å²) in [4.78, 5) is 14.0. The molecular formula is C14H11ClFNOS. The average Bonchev–Trinajstić information content (AvgIpc) is 2.93. The number of hydrogen-bond donors (Lipinski definition) is 1. The topological polar surface area (TPSA) is 29.1 Å². The van der Waals surface area contributed by atoms with Crippen LogP contribution < -0.4 is 5.32 Å². The Morgan fingerprint density at radius 3 is 2.89 bits per heavy atom. The number of halogens is 2. The van der Waals surface area contributed by atoms with Gasteiger partial charge in [0, 0.05) is 9.90 Å². The molecule has 19 heavy (non-hydrogen) atoms. The van der Waals surface area contributed by atoms with E-state index in [0.717, 1.165) is 19.3 Å². The Morgan fingerprint density at radius 1 is 1.32 bits per heavy atom. The third kappa shape index (κ3) is 2.51. The molecule has 2 nitrogen and oxygen atoms in total. The average molecular weight is 296 g/mol. The molecule has 1 N–H and O–H groups in total. The minimum atomic E-state index is -0.523. The van der Waals surface area contributed by atoms with Crippen molar-refractivity contribution in [3.05, 3.63) is 50.4 Å². The van der Waals surface area contributed by atoms with Crippen molar-refractivity contribution in [1.82, 2.24) is 0 Å². The third-order valence-electron chi connectivity index (χ3n) is 3.15. The molecule has 1 aliphatic carbocycles. The van der Waals surface area contributed by atoms with Crippen LogP contribution in [0.1, 0.15) is 26.5 Å². The second kappa shape index (κ2) is 4.94. The smallest absolute Gasteiger partial charge is 0.265 e. The first-order chi connectivity index (χ1) is 9.13. The van der Waals surface area contributed by atoms with Gasteiger partial charge in [-0.3, -0.25) is 4.79 Å². The summed E-state index contributed by atoms with van der Waals surface area (Å²) in [5.41, 5.74) is 1.41. The number of aryl methyl sites for hydroxylation is 2. The van der Waals surface area contributed by atoms with E-state index in [2.05, 4.69) is 5.32 Å². The number of hydrogen-bond acceptors (Lipinski definition) is 2. The zero-order valence-electron chi connectivity index (χ0n) is 10.0. The first-order valence-electron chi connectivity index (χ1n) is 6.01. The van der Waals surface area contributed by atoms with E-state index in [-0.39, 0.29) is 11.6 Å². The van der Waals surface area contributed by atoms with Gasteiger partial charge in [0.1, 0.15) is 5.82 Å². The van der Waals surface area contributed by atoms with Gasteiger partial charge in [0.05, 0.1) is 10.6 Å². The highest BCUT2D eigenvalue weighted by Gasteiger charge is 2.19. The molecule has 1 aromatic carbocycles. The molecule has 1 amide bonds. The van der Waals surface area contributed by atoms with Crippen LogP contribution in [-0.4, -0.2) is 5.91 Å². The van der Waals surface area contributed by atoms with Crippen LogP contribution in [0.15, 0.2) is 24.3 Å². The van der Waals surface area contributed by atoms with Gasteiger partial charge in [-0.05, 0) is 49.1 Å². The minimum Gasteiger partial charge on any atom is -0.319 e. The zero-order chi connectivity index (χ0) is 13.4. The number of fused-ring (bicyclic) bond motifs is 1. The number of carbonyl (C=O) groups excluding carboxylic acids is 1. The van der Waals surface area contributed by atoms with Gasteiger partial charge in [0.2, 0.25) is 0 Å². The number of amides is 1. The summed E-state index contributed by atoms with van der Waals surface area (Å²) in [7, 11) is 0. The van der Waals surface area contributed by atoms with Gasteiger partial charge in [0.25, 0.3) is 5.91 Å². The highest BCUT2D eigenvalue weighted by atomic mass is 35.5. The minimum absolute atomic E-state index is 0.156. The van der Waals surface area contributed by atoms with Crippen LogP contribution in [0.2, 0.25) is 5.02 Å². The van der Waals surface area contributed by atoms with E-state index >= 15 is 0 Å². The molecule has 0 unspecified atom stereocenters. The lowest BCUT2D eigenvalue weighted by molar-refractivity contribution is 0.103. The van der Waals surface area contributed by atoms with Crippen LogP contribution in [0.4, 0.5) is 10.1 Å². The van der Waals surface area contributed by atoms with Crippen molar-refractivity contribution < 1.29 is 9.18 Å². The molecule has 3 rings (SSSR count). The van der Waals surface area contributed by atoms with E-state index in [1.54, 1.807) is 6.07 Å². The zero-order valence-corrected chi connectivity index (χ0v) is 11.6. The Balaban J connectivity index is 1.80. The first kappa shape index (κ1) is 12.6. The van der Waals surface area contributed by atoms with Crippen molar-refractivity contribution in [3.8, 4) is 0 Å². The molecule has 0 saturated carbocycles. The van der Waals surface area contributed by atoms with E-state index in [1.807, 2.05) is 6.07 Å². The molecule has 0 aliphatic heterocycles. The molecule has 0 saturated heterocycles. The first-order valence-corrected chi connectivity index (χ1v) is 7.21. The maximum absolute atomic E-state index is 13.6. The number of benzene rings is 1. The van der Waals surface area contributed by atoms with Crippen molar-refractivity contribution in [2.75, 3.05) is 5.32 Å². The molecule has 1 heterocycles. The summed E-state index contributed by atoms with van der Waals surface area (Å²) in [5, 5.41) is 2.89. The predicted octanol–water partition coefficient (Wildman–Crippen LogP) is 4.28. The largest absolute Gasteiger partial charge is 0.319 e. The summed E-state index contributed by atoms with van der Waals surface area (Å²) in [5.74, 6) is -0.787. The highest BCUT2D eigenvalue weighted by Crippen LogP contribution is 2.31. The van der Waals surface area contributed by atoms with E-state index in [4.69, 9.17) is 11.6 Å². The molecule has 0 atom stereocenters. The Bertz CT molecular complexity index is 631. The molecule has 1 aromatic heterocycles. The molecule has 2 aromatic rings. The number of thiophene rings is 1. The van der Waals surface area contributed by atoms with Gasteiger partial charge in [0.15, 0.2) is 0 Å². The Morgan fingerprint density at radius 2 is 2.16 bits per heavy atom. The molecular weight excluding hydrogens is 285 g/mol. The number of rotatable bonds is 2. The van der Waals surface area contributed by atoms with Gasteiger partial charge < -0.3 is 5.32 Å². The lowest BCUT2D eigenvalue weighted by atomic mass is 10.2. The second-order valence-electron chi connectivity index (χ2n) is 4.49. The van der Waals surface area contributed by atoms with Gasteiger partial charge in [-0.2, -0.15) is 0 Å². The monoisotopic (exact) mass is 295 g/mol. The summed E-state index contributed by atoms with van der Waals surface area (Å²) in [6.07, 6.45) is 3.24. The van der Waals surface area contributed by atoms with E-state index in [1.165, 1.54) is 33.9 Å². The SMILES string of the molecule is O=C(Nc1ccc(Cl)cc1F)c1cc2c(s1)CCC2. The molecule has 0 radical (unpaired) electrons. The summed E-state index contributed by atoms with van der Waals surface area (Å²) in [6.45, 7) is 0. The van der Waals surface area contributed by atoms with Gasteiger partial charge in [-0.25, -0.2) is 4.39 Å². The predicted molar refractivity (Wildman–Crippen MR) is 75.7 cm³/mol. The fourth-order valence-electron chi connectivity index (χ4n) is 2.22. The quantitative estimate of drug-likeness (QED) is 0.880. The number of anilines is 1. The molecule has 0 fully saturated rings. The van der Waals surface area contributed by atoms with E-state index in [0.29, 0.717) is 9.90 Å². The van der Waals surface area contributed by atoms with Crippen molar-refractivity contribution >= 4 is 34.5 Å². The van der Waals surface area contributed by atoms with Gasteiger partial charge >= 0.3 is 0 Å². The maximum Gasteiger partial charge on any atom is 0.265 e. The van der Waals surface area contributed by atoms with Crippen LogP contribution >= 0.6 is 22.9 Å². The van der Waals surface area contributed by atoms with Gasteiger partial charge in [-0.15, -0.1) is 11.3 Å². The van der Waals surface area contributed by atoms with Crippen LogP contribution in [0.5, 0.6) is 0 Å². The molecule has 5 heteroatoms. The number of carbonyl (C=O) groups is 1. The Hall–Kier alpha value is -1.39. The molecule has 1 aliphatic rings. The van der Waals surface area contributed by atoms with Crippen LogP contribution in [-0.2, 0) is 12.8 Å². The van der Waals surface area contributed by atoms with Crippen LogP contribution in [0.25, 0.3) is 0 Å². The summed E-state index contributed by atoms with van der Waals surface area (Å²) >= 11 is 7.17. The maximum atomic E-state index is 13.6. The van der Waals surface area contributed by atoms with Crippen molar-refractivity contribution in [2.24, 2.45) is 0 Å². The standard InChI is InChI=1S/C14H11ClFNOS/c15-9-4-5-11(10(16)7-9)17-14(18)13-6-8-2-1-3-12(8)19-13/h4-7H,1-3H2,(H,17,18). The summed E-state index contributed by atoms with van der Waals surface area (Å²) in [6, 6.07) is 6.12. The van der Waals surface area contributed by atoms with Crippen LogP contribution in [0.3, 0.4) is 0 Å². The molecule has 0 bridgehead atoms. The normalized spacial score (nSPS) is 13.4. The highest BCUT2D eigenvalue weighted by molar-refractivity contribution is 7.14. The molecule has 98 valence electrons. The second-order valence-corrected chi connectivity index (χ2v) is 6.06. The van der Waals surface area contributed by atoms with Crippen molar-refractivity contribution in [1.29, 1.82) is 0 Å².